The fourth-order valence-corrected chi connectivity index (χ4v) is 6.21. The van der Waals surface area contributed by atoms with Gasteiger partial charge in [0.1, 0.15) is 16.8 Å². The Morgan fingerprint density at radius 2 is 1.67 bits per heavy atom. The summed E-state index contributed by atoms with van der Waals surface area (Å²) in [5.41, 5.74) is 2.76. The molecule has 1 unspecified atom stereocenters. The molecule has 1 saturated heterocycles. The third-order valence-electron chi connectivity index (χ3n) is 7.44. The predicted octanol–water partition coefficient (Wildman–Crippen LogP) is 6.05. The van der Waals surface area contributed by atoms with Crippen molar-refractivity contribution in [1.29, 1.82) is 0 Å². The number of hydrogen-bond acceptors (Lipinski definition) is 6. The topological polar surface area (TPSA) is 78.4 Å². The van der Waals surface area contributed by atoms with E-state index in [0.717, 1.165) is 6.42 Å². The van der Waals surface area contributed by atoms with Crippen molar-refractivity contribution in [3.63, 3.8) is 0 Å². The van der Waals surface area contributed by atoms with Gasteiger partial charge in [0.2, 0.25) is 5.91 Å². The van der Waals surface area contributed by atoms with Crippen molar-refractivity contribution >= 4 is 41.0 Å². The van der Waals surface area contributed by atoms with Crippen LogP contribution in [0.2, 0.25) is 5.15 Å². The van der Waals surface area contributed by atoms with E-state index in [-0.39, 0.29) is 34.7 Å². The van der Waals surface area contributed by atoms with Crippen molar-refractivity contribution in [2.45, 2.75) is 30.5 Å². The van der Waals surface area contributed by atoms with Gasteiger partial charge in [0.15, 0.2) is 5.16 Å². The number of amides is 2. The standard InChI is InChI=1S/C33H33ClFN5O2S/c1-23-21-39(17-18-40(23)32(42)26-13-8-14-27(35)19-26)30-20-29(34)37-33(38-30)43-22-31(41)36-16-15-28(24-9-4-2-5-10-24)25-11-6-3-7-12-25/h2-14,19-20,23,28H,15-18,21-22H2,1H3,(H,36,41). The van der Waals surface area contributed by atoms with Gasteiger partial charge in [-0.3, -0.25) is 9.59 Å². The molecule has 1 aliphatic heterocycles. The number of carbonyl (C=O) groups excluding carboxylic acids is 2. The van der Waals surface area contributed by atoms with Crippen LogP contribution < -0.4 is 10.2 Å². The van der Waals surface area contributed by atoms with E-state index in [0.29, 0.717) is 42.7 Å². The van der Waals surface area contributed by atoms with Gasteiger partial charge < -0.3 is 15.1 Å². The summed E-state index contributed by atoms with van der Waals surface area (Å²) in [6.45, 7) is 4.00. The van der Waals surface area contributed by atoms with Crippen LogP contribution in [0, 0.1) is 5.82 Å². The van der Waals surface area contributed by atoms with Gasteiger partial charge in [-0.05, 0) is 42.7 Å². The first-order chi connectivity index (χ1) is 20.9. The van der Waals surface area contributed by atoms with Crippen molar-refractivity contribution in [2.24, 2.45) is 0 Å². The Bertz CT molecular complexity index is 1510. The van der Waals surface area contributed by atoms with Gasteiger partial charge in [-0.2, -0.15) is 0 Å². The Balaban J connectivity index is 1.14. The zero-order valence-electron chi connectivity index (χ0n) is 23.8. The summed E-state index contributed by atoms with van der Waals surface area (Å²) >= 11 is 7.57. The van der Waals surface area contributed by atoms with Gasteiger partial charge in [0.25, 0.3) is 5.91 Å². The van der Waals surface area contributed by atoms with E-state index in [2.05, 4.69) is 39.6 Å². The van der Waals surface area contributed by atoms with Crippen molar-refractivity contribution in [3.05, 3.63) is 119 Å². The van der Waals surface area contributed by atoms with Crippen LogP contribution in [0.5, 0.6) is 0 Å². The molecule has 0 bridgehead atoms. The van der Waals surface area contributed by atoms with Gasteiger partial charge in [0, 0.05) is 49.8 Å². The minimum atomic E-state index is -0.435. The third-order valence-corrected chi connectivity index (χ3v) is 8.48. The van der Waals surface area contributed by atoms with E-state index >= 15 is 0 Å². The number of carbonyl (C=O) groups is 2. The Labute approximate surface area is 260 Å². The van der Waals surface area contributed by atoms with Crippen molar-refractivity contribution in [1.82, 2.24) is 20.2 Å². The maximum atomic E-state index is 13.7. The molecule has 10 heteroatoms. The summed E-state index contributed by atoms with van der Waals surface area (Å²) in [7, 11) is 0. The highest BCUT2D eigenvalue weighted by molar-refractivity contribution is 7.99. The zero-order chi connectivity index (χ0) is 30.2. The highest BCUT2D eigenvalue weighted by Crippen LogP contribution is 2.28. The second-order valence-corrected chi connectivity index (χ2v) is 11.8. The number of halogens is 2. The molecule has 43 heavy (non-hydrogen) atoms. The highest BCUT2D eigenvalue weighted by Gasteiger charge is 2.29. The van der Waals surface area contributed by atoms with Crippen LogP contribution in [0.15, 0.2) is 96.2 Å². The number of aromatic nitrogens is 2. The van der Waals surface area contributed by atoms with Crippen LogP contribution in [0.1, 0.15) is 40.7 Å². The quantitative estimate of drug-likeness (QED) is 0.133. The largest absolute Gasteiger partial charge is 0.355 e. The lowest BCUT2D eigenvalue weighted by Crippen LogP contribution is -2.54. The van der Waals surface area contributed by atoms with Crippen LogP contribution in [0.3, 0.4) is 0 Å². The lowest BCUT2D eigenvalue weighted by atomic mass is 9.88. The van der Waals surface area contributed by atoms with Gasteiger partial charge in [0.05, 0.1) is 5.75 Å². The average Bonchev–Trinajstić information content (AvgIpc) is 3.02. The number of anilines is 1. The van der Waals surface area contributed by atoms with E-state index in [1.807, 2.05) is 48.2 Å². The predicted molar refractivity (Wildman–Crippen MR) is 169 cm³/mol. The molecule has 4 aromatic rings. The molecule has 0 aliphatic carbocycles. The second kappa shape index (κ2) is 14.5. The lowest BCUT2D eigenvalue weighted by molar-refractivity contribution is -0.118. The van der Waals surface area contributed by atoms with E-state index in [1.54, 1.807) is 17.0 Å². The normalized spacial score (nSPS) is 15.0. The average molecular weight is 618 g/mol. The molecule has 5 rings (SSSR count). The number of thioether (sulfide) groups is 1. The summed E-state index contributed by atoms with van der Waals surface area (Å²) in [6.07, 6.45) is 0.772. The number of hydrogen-bond donors (Lipinski definition) is 1. The fourth-order valence-electron chi connectivity index (χ4n) is 5.30. The maximum Gasteiger partial charge on any atom is 0.254 e. The summed E-state index contributed by atoms with van der Waals surface area (Å²) in [4.78, 5) is 38.5. The summed E-state index contributed by atoms with van der Waals surface area (Å²) < 4.78 is 13.7. The number of rotatable bonds is 10. The van der Waals surface area contributed by atoms with Gasteiger partial charge in [-0.25, -0.2) is 14.4 Å². The minimum Gasteiger partial charge on any atom is -0.355 e. The van der Waals surface area contributed by atoms with Crippen molar-refractivity contribution in [2.75, 3.05) is 36.8 Å². The Morgan fingerprint density at radius 1 is 0.977 bits per heavy atom. The molecule has 1 fully saturated rings. The smallest absolute Gasteiger partial charge is 0.254 e. The van der Waals surface area contributed by atoms with Crippen molar-refractivity contribution in [3.8, 4) is 0 Å². The number of benzene rings is 3. The molecule has 2 heterocycles. The van der Waals surface area contributed by atoms with E-state index in [4.69, 9.17) is 11.6 Å². The fraction of sp³-hybridized carbons (Fsp3) is 0.273. The molecule has 1 aliphatic rings. The lowest BCUT2D eigenvalue weighted by Gasteiger charge is -2.40. The molecule has 0 saturated carbocycles. The molecule has 1 aromatic heterocycles. The summed E-state index contributed by atoms with van der Waals surface area (Å²) in [6, 6.07) is 27.9. The van der Waals surface area contributed by atoms with Crippen LogP contribution in [0.25, 0.3) is 0 Å². The third kappa shape index (κ3) is 8.12. The first-order valence-corrected chi connectivity index (χ1v) is 15.6. The number of nitrogens with one attached hydrogen (secondary N) is 1. The van der Waals surface area contributed by atoms with E-state index < -0.39 is 5.82 Å². The molecular weight excluding hydrogens is 585 g/mol. The van der Waals surface area contributed by atoms with Crippen LogP contribution in [0.4, 0.5) is 10.2 Å². The maximum absolute atomic E-state index is 13.7. The van der Waals surface area contributed by atoms with Gasteiger partial charge >= 0.3 is 0 Å². The monoisotopic (exact) mass is 617 g/mol. The SMILES string of the molecule is CC1CN(c2cc(Cl)nc(SCC(=O)NCCC(c3ccccc3)c3ccccc3)n2)CCN1C(=O)c1cccc(F)c1. The van der Waals surface area contributed by atoms with Crippen molar-refractivity contribution < 1.29 is 14.0 Å². The second-order valence-electron chi connectivity index (χ2n) is 10.4. The van der Waals surface area contributed by atoms with Crippen LogP contribution >= 0.6 is 23.4 Å². The minimum absolute atomic E-state index is 0.104. The summed E-state index contributed by atoms with van der Waals surface area (Å²) in [5.74, 6) is 0.243. The molecule has 3 aromatic carbocycles. The summed E-state index contributed by atoms with van der Waals surface area (Å²) in [5, 5.41) is 3.73. The highest BCUT2D eigenvalue weighted by atomic mass is 35.5. The Kier molecular flexibility index (Phi) is 10.3. The molecular formula is C33H33ClFN5O2S. The first-order valence-electron chi connectivity index (χ1n) is 14.2. The van der Waals surface area contributed by atoms with Crippen LogP contribution in [-0.4, -0.2) is 64.7 Å². The van der Waals surface area contributed by atoms with E-state index in [1.165, 1.54) is 41.1 Å². The van der Waals surface area contributed by atoms with Gasteiger partial charge in [-0.15, -0.1) is 0 Å². The van der Waals surface area contributed by atoms with Crippen LogP contribution in [-0.2, 0) is 4.79 Å². The zero-order valence-corrected chi connectivity index (χ0v) is 25.4. The first kappa shape index (κ1) is 30.5. The molecule has 1 atom stereocenters. The molecule has 222 valence electrons. The van der Waals surface area contributed by atoms with Gasteiger partial charge in [-0.1, -0.05) is 90.1 Å². The van der Waals surface area contributed by atoms with E-state index in [9.17, 15) is 14.0 Å². The Morgan fingerprint density at radius 3 is 2.33 bits per heavy atom. The molecule has 0 radical (unpaired) electrons. The Hall–Kier alpha value is -3.95. The molecule has 1 N–H and O–H groups in total. The number of nitrogens with zero attached hydrogens (tertiary/aromatic N) is 4. The molecule has 7 nitrogen and oxygen atoms in total. The number of piperazine rings is 1. The molecule has 0 spiro atoms. The molecule has 2 amide bonds.